The molecule has 1 saturated heterocycles. The summed E-state index contributed by atoms with van der Waals surface area (Å²) in [4.78, 5) is 13.2. The van der Waals surface area contributed by atoms with Crippen LogP contribution in [0.2, 0.25) is 0 Å². The second kappa shape index (κ2) is 5.61. The highest BCUT2D eigenvalue weighted by molar-refractivity contribution is 7.88. The van der Waals surface area contributed by atoms with Crippen molar-refractivity contribution in [3.05, 3.63) is 35.4 Å². The van der Waals surface area contributed by atoms with E-state index in [-0.39, 0.29) is 11.7 Å². The van der Waals surface area contributed by atoms with Gasteiger partial charge >= 0.3 is 0 Å². The van der Waals surface area contributed by atoms with Crippen molar-refractivity contribution in [1.82, 2.24) is 9.62 Å². The van der Waals surface area contributed by atoms with Crippen LogP contribution in [0.15, 0.2) is 24.3 Å². The Morgan fingerprint density at radius 3 is 2.75 bits per heavy atom. The molecule has 0 radical (unpaired) electrons. The van der Waals surface area contributed by atoms with E-state index in [4.69, 9.17) is 5.26 Å². The molecule has 2 rings (SSSR count). The predicted molar refractivity (Wildman–Crippen MR) is 73.0 cm³/mol. The highest BCUT2D eigenvalue weighted by atomic mass is 32.2. The molecular formula is C13H15N3O3S. The number of carbonyl (C=O) groups is 1. The monoisotopic (exact) mass is 293 g/mol. The van der Waals surface area contributed by atoms with Crippen LogP contribution in [-0.2, 0) is 20.6 Å². The molecule has 0 bridgehead atoms. The third-order valence-electron chi connectivity index (χ3n) is 3.23. The number of nitrogens with one attached hydrogen (secondary N) is 1. The van der Waals surface area contributed by atoms with Gasteiger partial charge in [0.2, 0.25) is 15.9 Å². The lowest BCUT2D eigenvalue weighted by Crippen LogP contribution is -2.41. The molecule has 1 N–H and O–H groups in total. The van der Waals surface area contributed by atoms with Crippen LogP contribution in [0.4, 0.5) is 0 Å². The first kappa shape index (κ1) is 14.5. The fraction of sp³-hybridized carbons (Fsp3) is 0.385. The first-order valence-corrected chi connectivity index (χ1v) is 7.81. The zero-order valence-corrected chi connectivity index (χ0v) is 11.9. The minimum Gasteiger partial charge on any atom is -0.344 e. The van der Waals surface area contributed by atoms with E-state index in [9.17, 15) is 13.2 Å². The predicted octanol–water partition coefficient (Wildman–Crippen LogP) is 0.208. The Kier molecular flexibility index (Phi) is 4.06. The Balaban J connectivity index is 2.12. The summed E-state index contributed by atoms with van der Waals surface area (Å²) < 4.78 is 26.6. The average molecular weight is 293 g/mol. The van der Waals surface area contributed by atoms with Gasteiger partial charge in [0.1, 0.15) is 6.04 Å². The van der Waals surface area contributed by atoms with Gasteiger partial charge in [0.15, 0.2) is 0 Å². The summed E-state index contributed by atoms with van der Waals surface area (Å²) in [5.41, 5.74) is 0.758. The number of carbonyl (C=O) groups excluding carboxylic acids is 1. The first-order valence-electron chi connectivity index (χ1n) is 6.16. The number of amides is 1. The van der Waals surface area contributed by atoms with E-state index < -0.39 is 16.1 Å². The summed E-state index contributed by atoms with van der Waals surface area (Å²) >= 11 is 0. The number of nitriles is 1. The van der Waals surface area contributed by atoms with Crippen molar-refractivity contribution in [3.8, 4) is 6.07 Å². The molecule has 1 amide bonds. The smallest absolute Gasteiger partial charge is 0.240 e. The molecule has 0 aromatic heterocycles. The molecule has 106 valence electrons. The van der Waals surface area contributed by atoms with E-state index in [1.54, 1.807) is 31.3 Å². The summed E-state index contributed by atoms with van der Waals surface area (Å²) in [7, 11) is -2.02. The van der Waals surface area contributed by atoms with Crippen LogP contribution in [-0.4, -0.2) is 38.9 Å². The molecule has 0 aliphatic carbocycles. The van der Waals surface area contributed by atoms with Crippen LogP contribution >= 0.6 is 0 Å². The molecule has 1 aromatic carbocycles. The number of likely N-dealkylation sites (tertiary alicyclic amines) is 1. The fourth-order valence-corrected chi connectivity index (χ4v) is 3.55. The quantitative estimate of drug-likeness (QED) is 0.859. The maximum atomic E-state index is 12.1. The van der Waals surface area contributed by atoms with Crippen molar-refractivity contribution < 1.29 is 13.2 Å². The van der Waals surface area contributed by atoms with Gasteiger partial charge in [-0.2, -0.15) is 5.26 Å². The van der Waals surface area contributed by atoms with Gasteiger partial charge in [-0.05, 0) is 18.1 Å². The summed E-state index contributed by atoms with van der Waals surface area (Å²) in [6, 6.07) is 7.79. The van der Waals surface area contributed by atoms with E-state index in [1.165, 1.54) is 4.90 Å². The standard InChI is InChI=1S/C13H15N3O3S/c1-16-7-6-12(13(16)17)15-20(18,19)9-11-5-3-2-4-10(11)8-14/h2-5,12,15H,6-7,9H2,1H3. The van der Waals surface area contributed by atoms with Crippen LogP contribution in [0.1, 0.15) is 17.5 Å². The Morgan fingerprint density at radius 1 is 1.45 bits per heavy atom. The molecule has 7 heteroatoms. The molecule has 0 saturated carbocycles. The summed E-state index contributed by atoms with van der Waals surface area (Å²) in [6.07, 6.45) is 0.467. The Labute approximate surface area is 118 Å². The number of benzene rings is 1. The van der Waals surface area contributed by atoms with E-state index in [0.29, 0.717) is 24.1 Å². The lowest BCUT2D eigenvalue weighted by molar-refractivity contribution is -0.127. The molecule has 0 spiro atoms. The van der Waals surface area contributed by atoms with E-state index in [0.717, 1.165) is 0 Å². The van der Waals surface area contributed by atoms with Gasteiger partial charge in [0, 0.05) is 13.6 Å². The summed E-state index contributed by atoms with van der Waals surface area (Å²) in [5, 5.41) is 8.95. The van der Waals surface area contributed by atoms with E-state index >= 15 is 0 Å². The molecule has 1 atom stereocenters. The summed E-state index contributed by atoms with van der Waals surface area (Å²) in [6.45, 7) is 0.542. The molecule has 1 aromatic rings. The van der Waals surface area contributed by atoms with Crippen LogP contribution in [0.5, 0.6) is 0 Å². The maximum Gasteiger partial charge on any atom is 0.240 e. The van der Waals surface area contributed by atoms with Gasteiger partial charge in [0.05, 0.1) is 17.4 Å². The number of rotatable bonds is 4. The highest BCUT2D eigenvalue weighted by Gasteiger charge is 2.32. The minimum absolute atomic E-state index is 0.220. The first-order chi connectivity index (χ1) is 9.43. The van der Waals surface area contributed by atoms with E-state index in [2.05, 4.69) is 4.72 Å². The zero-order valence-electron chi connectivity index (χ0n) is 11.0. The van der Waals surface area contributed by atoms with Crippen LogP contribution in [0.3, 0.4) is 0 Å². The second-order valence-electron chi connectivity index (χ2n) is 4.75. The number of hydrogen-bond donors (Lipinski definition) is 1. The number of sulfonamides is 1. The number of likely N-dealkylation sites (N-methyl/N-ethyl adjacent to an activating group) is 1. The van der Waals surface area contributed by atoms with Gasteiger partial charge < -0.3 is 4.90 Å². The van der Waals surface area contributed by atoms with Crippen LogP contribution in [0.25, 0.3) is 0 Å². The van der Waals surface area contributed by atoms with Crippen molar-refractivity contribution in [2.24, 2.45) is 0 Å². The Morgan fingerprint density at radius 2 is 2.15 bits per heavy atom. The molecule has 6 nitrogen and oxygen atoms in total. The lowest BCUT2D eigenvalue weighted by Gasteiger charge is -2.13. The van der Waals surface area contributed by atoms with Gasteiger partial charge in [-0.15, -0.1) is 0 Å². The van der Waals surface area contributed by atoms with E-state index in [1.807, 2.05) is 6.07 Å². The molecule has 1 fully saturated rings. The van der Waals surface area contributed by atoms with Gasteiger partial charge in [-0.25, -0.2) is 13.1 Å². The average Bonchev–Trinajstić information content (AvgIpc) is 2.70. The summed E-state index contributed by atoms with van der Waals surface area (Å²) in [5.74, 6) is -0.522. The Hall–Kier alpha value is -1.91. The fourth-order valence-electron chi connectivity index (χ4n) is 2.15. The molecule has 1 heterocycles. The van der Waals surface area contributed by atoms with Crippen molar-refractivity contribution in [3.63, 3.8) is 0 Å². The largest absolute Gasteiger partial charge is 0.344 e. The lowest BCUT2D eigenvalue weighted by atomic mass is 10.1. The topological polar surface area (TPSA) is 90.3 Å². The Bertz CT molecular complexity index is 664. The van der Waals surface area contributed by atoms with Crippen LogP contribution < -0.4 is 4.72 Å². The van der Waals surface area contributed by atoms with Crippen molar-refractivity contribution >= 4 is 15.9 Å². The number of nitrogens with zero attached hydrogens (tertiary/aromatic N) is 2. The van der Waals surface area contributed by atoms with Crippen molar-refractivity contribution in [2.45, 2.75) is 18.2 Å². The molecular weight excluding hydrogens is 278 g/mol. The van der Waals surface area contributed by atoms with Gasteiger partial charge in [0.25, 0.3) is 0 Å². The minimum atomic E-state index is -3.66. The van der Waals surface area contributed by atoms with Gasteiger partial charge in [-0.1, -0.05) is 18.2 Å². The highest BCUT2D eigenvalue weighted by Crippen LogP contribution is 2.14. The maximum absolute atomic E-state index is 12.1. The molecule has 20 heavy (non-hydrogen) atoms. The third-order valence-corrected chi connectivity index (χ3v) is 4.57. The normalized spacial score (nSPS) is 19.1. The third kappa shape index (κ3) is 3.15. The number of hydrogen-bond acceptors (Lipinski definition) is 4. The van der Waals surface area contributed by atoms with Crippen LogP contribution in [0, 0.1) is 11.3 Å². The molecule has 1 aliphatic rings. The molecule has 1 unspecified atom stereocenters. The van der Waals surface area contributed by atoms with Gasteiger partial charge in [-0.3, -0.25) is 4.79 Å². The SMILES string of the molecule is CN1CCC(NS(=O)(=O)Cc2ccccc2C#N)C1=O. The van der Waals surface area contributed by atoms with Crippen molar-refractivity contribution in [1.29, 1.82) is 5.26 Å². The molecule has 1 aliphatic heterocycles. The van der Waals surface area contributed by atoms with Crippen molar-refractivity contribution in [2.75, 3.05) is 13.6 Å². The zero-order chi connectivity index (χ0) is 14.8. The second-order valence-corrected chi connectivity index (χ2v) is 6.50.